The van der Waals surface area contributed by atoms with Crippen LogP contribution in [0.2, 0.25) is 0 Å². The average Bonchev–Trinajstić information content (AvgIpc) is 2.15. The molecule has 1 aromatic rings. The maximum absolute atomic E-state index is 13.6. The van der Waals surface area contributed by atoms with E-state index in [2.05, 4.69) is 5.18 Å². The van der Waals surface area contributed by atoms with Gasteiger partial charge in [0.25, 0.3) is 0 Å². The lowest BCUT2D eigenvalue weighted by atomic mass is 9.78. The number of benzene rings is 1. The van der Waals surface area contributed by atoms with Crippen LogP contribution in [0.3, 0.4) is 0 Å². The van der Waals surface area contributed by atoms with E-state index in [1.165, 1.54) is 12.1 Å². The molecule has 0 atom stereocenters. The predicted molar refractivity (Wildman–Crippen MR) is 57.3 cm³/mol. The number of anilines is 1. The molecule has 0 radical (unpaired) electrons. The lowest BCUT2D eigenvalue weighted by molar-refractivity contribution is -0.127. The van der Waals surface area contributed by atoms with E-state index in [-0.39, 0.29) is 16.9 Å². The molecule has 1 aromatic carbocycles. The molecule has 2 saturated heterocycles. The van der Waals surface area contributed by atoms with Gasteiger partial charge in [-0.2, -0.15) is 0 Å². The molecular formula is C11H11FN2O2. The molecule has 1 spiro atoms. The van der Waals surface area contributed by atoms with Gasteiger partial charge in [-0.15, -0.1) is 4.91 Å². The van der Waals surface area contributed by atoms with Crippen molar-refractivity contribution in [1.82, 2.24) is 0 Å². The van der Waals surface area contributed by atoms with Gasteiger partial charge in [0.05, 0.1) is 24.3 Å². The minimum Gasteiger partial charge on any atom is -0.380 e. The van der Waals surface area contributed by atoms with Gasteiger partial charge < -0.3 is 9.64 Å². The van der Waals surface area contributed by atoms with Crippen molar-refractivity contribution in [2.24, 2.45) is 10.6 Å². The second-order valence-electron chi connectivity index (χ2n) is 4.58. The van der Waals surface area contributed by atoms with E-state index in [0.29, 0.717) is 5.69 Å². The first-order valence-corrected chi connectivity index (χ1v) is 5.18. The number of halogens is 1. The zero-order chi connectivity index (χ0) is 11.2. The summed E-state index contributed by atoms with van der Waals surface area (Å²) in [5, 5.41) is 2.70. The Balaban J connectivity index is 1.78. The van der Waals surface area contributed by atoms with Crippen molar-refractivity contribution in [3.63, 3.8) is 0 Å². The van der Waals surface area contributed by atoms with E-state index in [0.717, 1.165) is 26.3 Å². The highest BCUT2D eigenvalue weighted by Gasteiger charge is 2.49. The second kappa shape index (κ2) is 3.25. The van der Waals surface area contributed by atoms with Crippen LogP contribution in [0.5, 0.6) is 0 Å². The Hall–Kier alpha value is -1.49. The van der Waals surface area contributed by atoms with Gasteiger partial charge in [-0.25, -0.2) is 4.39 Å². The van der Waals surface area contributed by atoms with Gasteiger partial charge in [-0.1, -0.05) is 0 Å². The SMILES string of the molecule is O=Nc1ccc(N2CC3(COC3)C2)c(F)c1. The molecule has 2 fully saturated rings. The highest BCUT2D eigenvalue weighted by atomic mass is 19.1. The van der Waals surface area contributed by atoms with Gasteiger partial charge in [0.1, 0.15) is 11.5 Å². The fourth-order valence-electron chi connectivity index (χ4n) is 2.32. The van der Waals surface area contributed by atoms with Gasteiger partial charge in [0.2, 0.25) is 0 Å². The van der Waals surface area contributed by atoms with E-state index in [1.807, 2.05) is 4.90 Å². The summed E-state index contributed by atoms with van der Waals surface area (Å²) < 4.78 is 18.8. The van der Waals surface area contributed by atoms with Gasteiger partial charge in [0, 0.05) is 19.2 Å². The lowest BCUT2D eigenvalue weighted by Gasteiger charge is -2.56. The first-order valence-electron chi connectivity index (χ1n) is 5.18. The molecule has 2 aliphatic rings. The molecule has 0 aliphatic carbocycles. The minimum absolute atomic E-state index is 0.128. The third-order valence-corrected chi connectivity index (χ3v) is 3.25. The monoisotopic (exact) mass is 222 g/mol. The Morgan fingerprint density at radius 3 is 2.62 bits per heavy atom. The number of hydrogen-bond acceptors (Lipinski definition) is 4. The van der Waals surface area contributed by atoms with Gasteiger partial charge in [0.15, 0.2) is 0 Å². The van der Waals surface area contributed by atoms with Crippen LogP contribution in [0.25, 0.3) is 0 Å². The van der Waals surface area contributed by atoms with Crippen molar-refractivity contribution < 1.29 is 9.13 Å². The first-order chi connectivity index (χ1) is 7.72. The van der Waals surface area contributed by atoms with E-state index in [9.17, 15) is 9.30 Å². The van der Waals surface area contributed by atoms with Crippen LogP contribution in [-0.2, 0) is 4.74 Å². The fraction of sp³-hybridized carbons (Fsp3) is 0.455. The number of nitroso groups, excluding NO2 is 1. The zero-order valence-electron chi connectivity index (χ0n) is 8.65. The summed E-state index contributed by atoms with van der Waals surface area (Å²) in [5.41, 5.74) is 0.932. The maximum atomic E-state index is 13.6. The van der Waals surface area contributed by atoms with Crippen molar-refractivity contribution in [2.45, 2.75) is 0 Å². The molecule has 2 heterocycles. The first kappa shape index (κ1) is 9.72. The quantitative estimate of drug-likeness (QED) is 0.719. The second-order valence-corrected chi connectivity index (χ2v) is 4.58. The van der Waals surface area contributed by atoms with Crippen LogP contribution in [0.4, 0.5) is 15.8 Å². The van der Waals surface area contributed by atoms with E-state index in [1.54, 1.807) is 6.07 Å². The molecule has 3 rings (SSSR count). The Morgan fingerprint density at radius 1 is 1.38 bits per heavy atom. The molecule has 0 saturated carbocycles. The van der Waals surface area contributed by atoms with Crippen molar-refractivity contribution in [2.75, 3.05) is 31.2 Å². The van der Waals surface area contributed by atoms with Crippen LogP contribution in [0, 0.1) is 16.1 Å². The predicted octanol–water partition coefficient (Wildman–Crippen LogP) is 2.06. The van der Waals surface area contributed by atoms with Gasteiger partial charge in [-0.05, 0) is 17.3 Å². The fourth-order valence-corrected chi connectivity index (χ4v) is 2.32. The third kappa shape index (κ3) is 1.31. The van der Waals surface area contributed by atoms with Crippen LogP contribution >= 0.6 is 0 Å². The Morgan fingerprint density at radius 2 is 2.12 bits per heavy atom. The topological polar surface area (TPSA) is 41.9 Å². The van der Waals surface area contributed by atoms with Gasteiger partial charge >= 0.3 is 0 Å². The molecule has 16 heavy (non-hydrogen) atoms. The normalized spacial score (nSPS) is 21.4. The summed E-state index contributed by atoms with van der Waals surface area (Å²) in [5.74, 6) is -0.382. The van der Waals surface area contributed by atoms with Crippen LogP contribution in [-0.4, -0.2) is 26.3 Å². The highest BCUT2D eigenvalue weighted by molar-refractivity contribution is 5.56. The molecular weight excluding hydrogens is 211 g/mol. The molecule has 84 valence electrons. The van der Waals surface area contributed by atoms with Crippen LogP contribution < -0.4 is 4.90 Å². The van der Waals surface area contributed by atoms with Crippen molar-refractivity contribution in [3.05, 3.63) is 28.9 Å². The Labute approximate surface area is 92.0 Å². The number of ether oxygens (including phenoxy) is 1. The summed E-state index contributed by atoms with van der Waals surface area (Å²) >= 11 is 0. The Bertz CT molecular complexity index is 438. The van der Waals surface area contributed by atoms with Crippen molar-refractivity contribution >= 4 is 11.4 Å². The van der Waals surface area contributed by atoms with Crippen molar-refractivity contribution in [1.29, 1.82) is 0 Å². The van der Waals surface area contributed by atoms with Gasteiger partial charge in [-0.3, -0.25) is 0 Å². The smallest absolute Gasteiger partial charge is 0.148 e. The maximum Gasteiger partial charge on any atom is 0.148 e. The molecule has 0 bridgehead atoms. The summed E-state index contributed by atoms with van der Waals surface area (Å²) in [6.45, 7) is 3.22. The third-order valence-electron chi connectivity index (χ3n) is 3.25. The zero-order valence-corrected chi connectivity index (χ0v) is 8.65. The molecule has 4 nitrogen and oxygen atoms in total. The highest BCUT2D eigenvalue weighted by Crippen LogP contribution is 2.41. The van der Waals surface area contributed by atoms with E-state index >= 15 is 0 Å². The Kier molecular flexibility index (Phi) is 1.97. The summed E-state index contributed by atoms with van der Waals surface area (Å²) in [4.78, 5) is 12.2. The van der Waals surface area contributed by atoms with E-state index in [4.69, 9.17) is 4.74 Å². The van der Waals surface area contributed by atoms with Crippen molar-refractivity contribution in [3.8, 4) is 0 Å². The lowest BCUT2D eigenvalue weighted by Crippen LogP contribution is -2.66. The standard InChI is InChI=1S/C11H11FN2O2/c12-9-3-8(13-15)1-2-10(9)14-4-11(5-14)6-16-7-11/h1-3H,4-7H2. The van der Waals surface area contributed by atoms with Crippen LogP contribution in [0.15, 0.2) is 23.4 Å². The number of nitrogens with zero attached hydrogens (tertiary/aromatic N) is 2. The molecule has 0 amide bonds. The molecule has 0 aromatic heterocycles. The largest absolute Gasteiger partial charge is 0.380 e. The number of rotatable bonds is 2. The summed E-state index contributed by atoms with van der Waals surface area (Å²) in [6, 6.07) is 4.32. The molecule has 2 aliphatic heterocycles. The molecule has 0 unspecified atom stereocenters. The molecule has 0 N–H and O–H groups in total. The van der Waals surface area contributed by atoms with E-state index < -0.39 is 0 Å². The molecule has 5 heteroatoms. The summed E-state index contributed by atoms with van der Waals surface area (Å²) in [7, 11) is 0. The number of hydrogen-bond donors (Lipinski definition) is 0. The van der Waals surface area contributed by atoms with Crippen LogP contribution in [0.1, 0.15) is 0 Å². The summed E-state index contributed by atoms with van der Waals surface area (Å²) in [6.07, 6.45) is 0. The average molecular weight is 222 g/mol. The minimum atomic E-state index is -0.382.